The predicted octanol–water partition coefficient (Wildman–Crippen LogP) is 1.67. The molecule has 1 aliphatic heterocycles. The molecule has 128 valence electrons. The van der Waals surface area contributed by atoms with Crippen LogP contribution in [0.4, 0.5) is 0 Å². The van der Waals surface area contributed by atoms with Gasteiger partial charge in [0.05, 0.1) is 19.5 Å². The molecule has 1 amide bonds. The molecule has 0 aromatic carbocycles. The summed E-state index contributed by atoms with van der Waals surface area (Å²) in [5.74, 6) is 0.830. The van der Waals surface area contributed by atoms with Crippen LogP contribution in [0.3, 0.4) is 0 Å². The molecule has 0 N–H and O–H groups in total. The Morgan fingerprint density at radius 2 is 2.12 bits per heavy atom. The molecule has 1 aliphatic rings. The van der Waals surface area contributed by atoms with Crippen molar-refractivity contribution in [3.8, 4) is 0 Å². The molecule has 1 fully saturated rings. The summed E-state index contributed by atoms with van der Waals surface area (Å²) < 4.78 is 7.77. The highest BCUT2D eigenvalue weighted by Gasteiger charge is 2.27. The van der Waals surface area contributed by atoms with Crippen LogP contribution >= 0.6 is 0 Å². The number of ether oxygens (including phenoxy) is 1. The molecule has 1 unspecified atom stereocenters. The summed E-state index contributed by atoms with van der Waals surface area (Å²) in [6, 6.07) is 1.94. The molecule has 0 bridgehead atoms. The number of imidazole rings is 1. The van der Waals surface area contributed by atoms with Crippen molar-refractivity contribution in [3.63, 3.8) is 0 Å². The summed E-state index contributed by atoms with van der Waals surface area (Å²) >= 11 is 0. The number of carbonyl (C=O) groups excluding carboxylic acids is 1. The van der Waals surface area contributed by atoms with Crippen LogP contribution < -0.4 is 0 Å². The van der Waals surface area contributed by atoms with Gasteiger partial charge in [0.1, 0.15) is 6.10 Å². The van der Waals surface area contributed by atoms with Crippen molar-refractivity contribution in [2.45, 2.75) is 39.3 Å². The van der Waals surface area contributed by atoms with Crippen LogP contribution in [0, 0.1) is 13.8 Å². The lowest BCUT2D eigenvalue weighted by atomic mass is 10.2. The first-order valence-electron chi connectivity index (χ1n) is 8.29. The minimum absolute atomic E-state index is 0.160. The Balaban J connectivity index is 1.55. The third-order valence-corrected chi connectivity index (χ3v) is 4.07. The number of hydrogen-bond donors (Lipinski definition) is 0. The maximum absolute atomic E-state index is 12.4. The second-order valence-electron chi connectivity index (χ2n) is 6.11. The molecule has 3 heterocycles. The lowest BCUT2D eigenvalue weighted by molar-refractivity contribution is -0.139. The van der Waals surface area contributed by atoms with Gasteiger partial charge in [0.15, 0.2) is 5.82 Å². The van der Waals surface area contributed by atoms with E-state index in [2.05, 4.69) is 15.0 Å². The van der Waals surface area contributed by atoms with Gasteiger partial charge in [0, 0.05) is 43.3 Å². The number of morpholine rings is 1. The van der Waals surface area contributed by atoms with Crippen LogP contribution in [0.2, 0.25) is 0 Å². The predicted molar refractivity (Wildman–Crippen MR) is 88.2 cm³/mol. The Kier molecular flexibility index (Phi) is 5.20. The maximum atomic E-state index is 12.4. The molecule has 0 radical (unpaired) electrons. The second kappa shape index (κ2) is 7.53. The molecule has 24 heavy (non-hydrogen) atoms. The van der Waals surface area contributed by atoms with Gasteiger partial charge in [0.25, 0.3) is 0 Å². The molecular formula is C17H23N5O2. The smallest absolute Gasteiger partial charge is 0.222 e. The van der Waals surface area contributed by atoms with Crippen LogP contribution in [0.15, 0.2) is 24.8 Å². The van der Waals surface area contributed by atoms with Gasteiger partial charge >= 0.3 is 0 Å². The monoisotopic (exact) mass is 329 g/mol. The van der Waals surface area contributed by atoms with E-state index in [9.17, 15) is 4.79 Å². The van der Waals surface area contributed by atoms with E-state index in [1.807, 2.05) is 35.6 Å². The molecule has 1 saturated heterocycles. The van der Waals surface area contributed by atoms with Crippen molar-refractivity contribution in [2.75, 3.05) is 19.7 Å². The van der Waals surface area contributed by atoms with Gasteiger partial charge in [-0.05, 0) is 26.3 Å². The molecule has 0 spiro atoms. The van der Waals surface area contributed by atoms with E-state index in [0.29, 0.717) is 31.9 Å². The average Bonchev–Trinajstić information content (AvgIpc) is 3.07. The van der Waals surface area contributed by atoms with Crippen LogP contribution in [0.25, 0.3) is 0 Å². The molecule has 2 aromatic heterocycles. The van der Waals surface area contributed by atoms with Gasteiger partial charge in [0.2, 0.25) is 5.91 Å². The molecule has 0 saturated carbocycles. The highest BCUT2D eigenvalue weighted by atomic mass is 16.5. The topological polar surface area (TPSA) is 73.1 Å². The zero-order chi connectivity index (χ0) is 16.9. The number of aromatic nitrogens is 4. The normalized spacial score (nSPS) is 17.9. The van der Waals surface area contributed by atoms with Crippen molar-refractivity contribution >= 4 is 5.91 Å². The summed E-state index contributed by atoms with van der Waals surface area (Å²) in [6.45, 7) is 6.37. The van der Waals surface area contributed by atoms with Gasteiger partial charge in [-0.3, -0.25) is 4.79 Å². The quantitative estimate of drug-likeness (QED) is 0.834. The Morgan fingerprint density at radius 1 is 1.33 bits per heavy atom. The van der Waals surface area contributed by atoms with Gasteiger partial charge in [-0.2, -0.15) is 0 Å². The molecule has 2 aromatic rings. The summed E-state index contributed by atoms with van der Waals surface area (Å²) in [7, 11) is 0. The first-order chi connectivity index (χ1) is 11.6. The first kappa shape index (κ1) is 16.6. The Labute approximate surface area is 141 Å². The minimum atomic E-state index is -0.241. The lowest BCUT2D eigenvalue weighted by Crippen LogP contribution is -2.42. The molecule has 7 nitrogen and oxygen atoms in total. The van der Waals surface area contributed by atoms with Gasteiger partial charge in [-0.1, -0.05) is 0 Å². The number of nitrogens with zero attached hydrogens (tertiary/aromatic N) is 5. The number of hydrogen-bond acceptors (Lipinski definition) is 5. The van der Waals surface area contributed by atoms with Gasteiger partial charge in [-0.25, -0.2) is 15.0 Å². The maximum Gasteiger partial charge on any atom is 0.222 e. The fourth-order valence-electron chi connectivity index (χ4n) is 2.92. The van der Waals surface area contributed by atoms with Crippen molar-refractivity contribution in [3.05, 3.63) is 42.0 Å². The highest BCUT2D eigenvalue weighted by Crippen LogP contribution is 2.20. The van der Waals surface area contributed by atoms with Gasteiger partial charge in [-0.15, -0.1) is 0 Å². The standard InChI is InChI=1S/C17H23N5O2/c1-13-10-14(2)20-17(19-13)15-11-22(8-9-24-15)16(23)4-3-6-21-7-5-18-12-21/h5,7,10,12,15H,3-4,6,8-9,11H2,1-2H3. The SMILES string of the molecule is Cc1cc(C)nc(C2CN(C(=O)CCCn3ccnc3)CCO2)n1. The van der Waals surface area contributed by atoms with Crippen molar-refractivity contribution in [1.29, 1.82) is 0 Å². The fourth-order valence-corrected chi connectivity index (χ4v) is 2.92. The average molecular weight is 329 g/mol. The number of amides is 1. The van der Waals surface area contributed by atoms with E-state index in [4.69, 9.17) is 4.74 Å². The van der Waals surface area contributed by atoms with Crippen LogP contribution in [-0.2, 0) is 16.1 Å². The number of rotatable bonds is 5. The summed E-state index contributed by atoms with van der Waals surface area (Å²) in [5.41, 5.74) is 1.84. The Bertz CT molecular complexity index is 666. The van der Waals surface area contributed by atoms with Crippen molar-refractivity contribution in [1.82, 2.24) is 24.4 Å². The third kappa shape index (κ3) is 4.17. The fraction of sp³-hybridized carbons (Fsp3) is 0.529. The summed E-state index contributed by atoms with van der Waals surface area (Å²) in [6.07, 6.45) is 6.52. The molecule has 3 rings (SSSR count). The van der Waals surface area contributed by atoms with Crippen LogP contribution in [0.1, 0.15) is 36.2 Å². The highest BCUT2D eigenvalue weighted by molar-refractivity contribution is 5.76. The zero-order valence-electron chi connectivity index (χ0n) is 14.2. The number of carbonyl (C=O) groups is 1. The zero-order valence-corrected chi connectivity index (χ0v) is 14.2. The minimum Gasteiger partial charge on any atom is -0.367 e. The third-order valence-electron chi connectivity index (χ3n) is 4.07. The number of aryl methyl sites for hydroxylation is 3. The molecule has 7 heteroatoms. The Morgan fingerprint density at radius 3 is 2.83 bits per heavy atom. The Hall–Kier alpha value is -2.28. The van der Waals surface area contributed by atoms with Gasteiger partial charge < -0.3 is 14.2 Å². The summed E-state index contributed by atoms with van der Waals surface area (Å²) in [5, 5.41) is 0. The molecule has 0 aliphatic carbocycles. The van der Waals surface area contributed by atoms with E-state index in [1.54, 1.807) is 12.5 Å². The second-order valence-corrected chi connectivity index (χ2v) is 6.11. The van der Waals surface area contributed by atoms with E-state index < -0.39 is 0 Å². The van der Waals surface area contributed by atoms with Crippen LogP contribution in [0.5, 0.6) is 0 Å². The van der Waals surface area contributed by atoms with Crippen LogP contribution in [-0.4, -0.2) is 50.0 Å². The largest absolute Gasteiger partial charge is 0.367 e. The van der Waals surface area contributed by atoms with E-state index in [1.165, 1.54) is 0 Å². The molecule has 1 atom stereocenters. The summed E-state index contributed by atoms with van der Waals surface area (Å²) in [4.78, 5) is 27.2. The van der Waals surface area contributed by atoms with E-state index in [-0.39, 0.29) is 12.0 Å². The lowest BCUT2D eigenvalue weighted by Gasteiger charge is -2.32. The van der Waals surface area contributed by atoms with E-state index in [0.717, 1.165) is 24.4 Å². The van der Waals surface area contributed by atoms with Crippen molar-refractivity contribution in [2.24, 2.45) is 0 Å². The first-order valence-corrected chi connectivity index (χ1v) is 8.29. The van der Waals surface area contributed by atoms with Crippen molar-refractivity contribution < 1.29 is 9.53 Å². The van der Waals surface area contributed by atoms with E-state index >= 15 is 0 Å². The molecular weight excluding hydrogens is 306 g/mol.